The largest absolute Gasteiger partial charge is 0.507 e. The van der Waals surface area contributed by atoms with Crippen LogP contribution in [0, 0.1) is 0 Å². The first-order valence-corrected chi connectivity index (χ1v) is 19.3. The van der Waals surface area contributed by atoms with Gasteiger partial charge in [-0.15, -0.1) is 0 Å². The molecule has 3 fully saturated rings. The van der Waals surface area contributed by atoms with E-state index in [1.54, 1.807) is 27.7 Å². The minimum absolute atomic E-state index is 0.0260. The summed E-state index contributed by atoms with van der Waals surface area (Å²) in [7, 11) is 3.70. The molecular weight excluding hydrogens is 734 g/mol. The number of likely N-dealkylation sites (N-methyl/N-ethyl adjacent to an activating group) is 1. The molecule has 16 heteroatoms. The van der Waals surface area contributed by atoms with Crippen LogP contribution in [-0.2, 0) is 28.4 Å². The Kier molecular flexibility index (Phi) is 11.3. The van der Waals surface area contributed by atoms with E-state index in [4.69, 9.17) is 28.4 Å². The van der Waals surface area contributed by atoms with E-state index in [-0.39, 0.29) is 54.0 Å². The van der Waals surface area contributed by atoms with Gasteiger partial charge in [-0.1, -0.05) is 19.1 Å². The van der Waals surface area contributed by atoms with E-state index in [0.29, 0.717) is 12.8 Å². The zero-order chi connectivity index (χ0) is 40.5. The number of aliphatic hydroxyl groups excluding tert-OH is 3. The Morgan fingerprint density at radius 1 is 0.750 bits per heavy atom. The van der Waals surface area contributed by atoms with E-state index in [0.717, 1.165) is 0 Å². The summed E-state index contributed by atoms with van der Waals surface area (Å²) < 4.78 is 37.4. The Bertz CT molecular complexity index is 1830. The standard InChI is InChI=1S/C40H53NO15/c1-7-40(50)15-24(45)29-32(36(49)30-31(35(29)48)34(47)28-19(33(30)46)9-8-10-22(28)43)39(40)56-26-13-20(41(5)6)37(17(3)52-26)55-27-14-23(44)38(18(4)53-27)54-25-12-11-21(42)16(2)51-25/h8-10,16-18,20-21,23-27,37-39,42-45,48-50H,7,11-15H2,1-6H3. The van der Waals surface area contributed by atoms with Crippen LogP contribution in [0.4, 0.5) is 0 Å². The summed E-state index contributed by atoms with van der Waals surface area (Å²) in [6, 6.07) is 3.56. The first-order valence-electron chi connectivity index (χ1n) is 19.3. The van der Waals surface area contributed by atoms with Gasteiger partial charge in [-0.3, -0.25) is 9.59 Å². The van der Waals surface area contributed by atoms with Crippen molar-refractivity contribution in [2.24, 2.45) is 0 Å². The number of carbonyl (C=O) groups is 2. The molecule has 2 aromatic carbocycles. The van der Waals surface area contributed by atoms with Crippen molar-refractivity contribution in [3.8, 4) is 17.2 Å². The lowest BCUT2D eigenvalue weighted by Gasteiger charge is -2.49. The molecule has 3 heterocycles. The number of ketones is 2. The second-order valence-electron chi connectivity index (χ2n) is 16.1. The number of aliphatic hydroxyl groups is 4. The van der Waals surface area contributed by atoms with E-state index < -0.39 is 119 Å². The molecule has 2 aliphatic carbocycles. The van der Waals surface area contributed by atoms with Crippen molar-refractivity contribution in [2.45, 2.75) is 152 Å². The summed E-state index contributed by atoms with van der Waals surface area (Å²) in [5.74, 6) is -3.72. The minimum atomic E-state index is -1.82. The van der Waals surface area contributed by atoms with Crippen LogP contribution in [0.1, 0.15) is 121 Å². The third kappa shape index (κ3) is 7.02. The van der Waals surface area contributed by atoms with Gasteiger partial charge in [0.05, 0.1) is 58.9 Å². The molecule has 3 aliphatic heterocycles. The van der Waals surface area contributed by atoms with Crippen LogP contribution in [0.2, 0.25) is 0 Å². The highest BCUT2D eigenvalue weighted by Gasteiger charge is 2.53. The predicted octanol–water partition coefficient (Wildman–Crippen LogP) is 2.43. The van der Waals surface area contributed by atoms with E-state index >= 15 is 0 Å². The number of aromatic hydroxyl groups is 3. The number of fused-ring (bicyclic) bond motifs is 3. The quantitative estimate of drug-likeness (QED) is 0.163. The number of phenols is 3. The Balaban J connectivity index is 1.12. The third-order valence-corrected chi connectivity index (χ3v) is 12.2. The Hall–Kier alpha value is -3.26. The smallest absolute Gasteiger partial charge is 0.202 e. The maximum absolute atomic E-state index is 13.8. The Morgan fingerprint density at radius 2 is 1.36 bits per heavy atom. The van der Waals surface area contributed by atoms with E-state index in [1.165, 1.54) is 18.2 Å². The fourth-order valence-electron chi connectivity index (χ4n) is 9.03. The zero-order valence-corrected chi connectivity index (χ0v) is 32.3. The maximum Gasteiger partial charge on any atom is 0.202 e. The topological polar surface area (TPSA) is 234 Å². The first-order chi connectivity index (χ1) is 26.4. The Morgan fingerprint density at radius 3 is 2.00 bits per heavy atom. The third-order valence-electron chi connectivity index (χ3n) is 12.2. The highest BCUT2D eigenvalue weighted by atomic mass is 16.7. The lowest BCUT2D eigenvalue weighted by Crippen LogP contribution is -2.58. The highest BCUT2D eigenvalue weighted by molar-refractivity contribution is 6.31. The lowest BCUT2D eigenvalue weighted by atomic mass is 9.70. The van der Waals surface area contributed by atoms with Crippen molar-refractivity contribution in [3.63, 3.8) is 0 Å². The van der Waals surface area contributed by atoms with Crippen LogP contribution < -0.4 is 0 Å². The van der Waals surface area contributed by atoms with Crippen LogP contribution in [-0.4, -0.2) is 140 Å². The summed E-state index contributed by atoms with van der Waals surface area (Å²) in [6.07, 6.45) is -8.89. The molecule has 0 radical (unpaired) electrons. The predicted molar refractivity (Wildman–Crippen MR) is 194 cm³/mol. The normalized spacial score (nSPS) is 38.6. The fraction of sp³-hybridized carbons (Fsp3) is 0.650. The van der Waals surface area contributed by atoms with Gasteiger partial charge >= 0.3 is 0 Å². The molecule has 14 unspecified atom stereocenters. The molecule has 7 N–H and O–H groups in total. The van der Waals surface area contributed by atoms with Crippen molar-refractivity contribution in [1.29, 1.82) is 0 Å². The molecule has 0 amide bonds. The number of rotatable bonds is 8. The molecule has 308 valence electrons. The maximum atomic E-state index is 13.8. The summed E-state index contributed by atoms with van der Waals surface area (Å²) in [6.45, 7) is 7.00. The van der Waals surface area contributed by atoms with Crippen LogP contribution in [0.5, 0.6) is 17.2 Å². The van der Waals surface area contributed by atoms with Gasteiger partial charge in [0, 0.05) is 48.4 Å². The summed E-state index contributed by atoms with van der Waals surface area (Å²) >= 11 is 0. The van der Waals surface area contributed by atoms with Gasteiger partial charge < -0.3 is 69.1 Å². The van der Waals surface area contributed by atoms with E-state index in [9.17, 15) is 45.3 Å². The molecule has 7 rings (SSSR count). The van der Waals surface area contributed by atoms with Gasteiger partial charge in [0.15, 0.2) is 24.7 Å². The molecule has 56 heavy (non-hydrogen) atoms. The minimum Gasteiger partial charge on any atom is -0.507 e. The second-order valence-corrected chi connectivity index (χ2v) is 16.1. The van der Waals surface area contributed by atoms with Crippen LogP contribution in [0.25, 0.3) is 0 Å². The fourth-order valence-corrected chi connectivity index (χ4v) is 9.03. The molecule has 0 aromatic heterocycles. The first kappa shape index (κ1) is 40.9. The zero-order valence-electron chi connectivity index (χ0n) is 32.3. The van der Waals surface area contributed by atoms with Crippen molar-refractivity contribution >= 4 is 11.6 Å². The van der Waals surface area contributed by atoms with E-state index in [2.05, 4.69) is 0 Å². The SMILES string of the molecule is CCC1(O)CC(O)c2c(O)c3c(c(O)c2C1OC1CC(N(C)C)C(OC2CC(O)C(OC4CCC(O)C(C)O4)C(C)O2)C(C)O1)C(=O)c1cccc(O)c1C3=O. The van der Waals surface area contributed by atoms with Gasteiger partial charge in [0.1, 0.15) is 35.6 Å². The van der Waals surface area contributed by atoms with Crippen LogP contribution in [0.15, 0.2) is 18.2 Å². The van der Waals surface area contributed by atoms with Crippen molar-refractivity contribution < 1.29 is 73.8 Å². The monoisotopic (exact) mass is 787 g/mol. The van der Waals surface area contributed by atoms with Gasteiger partial charge in [0.2, 0.25) is 5.78 Å². The molecule has 16 nitrogen and oxygen atoms in total. The molecule has 0 saturated carbocycles. The Labute approximate surface area is 324 Å². The number of hydrogen-bond donors (Lipinski definition) is 7. The molecule has 0 spiro atoms. The number of phenolic OH excluding ortho intramolecular Hbond substituents is 3. The molecule has 14 atom stereocenters. The van der Waals surface area contributed by atoms with Gasteiger partial charge in [0.25, 0.3) is 0 Å². The summed E-state index contributed by atoms with van der Waals surface area (Å²) in [5.41, 5.74) is -3.94. The van der Waals surface area contributed by atoms with Gasteiger partial charge in [-0.05, 0) is 53.8 Å². The van der Waals surface area contributed by atoms with Gasteiger partial charge in [-0.25, -0.2) is 0 Å². The number of nitrogens with zero attached hydrogens (tertiary/aromatic N) is 1. The molecular formula is C40H53NO15. The number of hydrogen-bond acceptors (Lipinski definition) is 16. The molecule has 5 aliphatic rings. The average molecular weight is 788 g/mol. The number of carbonyl (C=O) groups excluding carboxylic acids is 2. The number of benzene rings is 2. The van der Waals surface area contributed by atoms with Crippen LogP contribution >= 0.6 is 0 Å². The molecule has 3 saturated heterocycles. The van der Waals surface area contributed by atoms with Crippen molar-refractivity contribution in [1.82, 2.24) is 4.90 Å². The number of ether oxygens (including phenoxy) is 6. The summed E-state index contributed by atoms with van der Waals surface area (Å²) in [5, 5.41) is 78.4. The summed E-state index contributed by atoms with van der Waals surface area (Å²) in [4.78, 5) is 29.4. The molecule has 0 bridgehead atoms. The molecule has 2 aromatic rings. The second kappa shape index (κ2) is 15.5. The van der Waals surface area contributed by atoms with E-state index in [1.807, 2.05) is 19.0 Å². The van der Waals surface area contributed by atoms with Crippen molar-refractivity contribution in [2.75, 3.05) is 14.1 Å². The highest BCUT2D eigenvalue weighted by Crippen LogP contribution is 2.56. The van der Waals surface area contributed by atoms with Gasteiger partial charge in [-0.2, -0.15) is 0 Å². The van der Waals surface area contributed by atoms with Crippen molar-refractivity contribution in [3.05, 3.63) is 51.6 Å². The average Bonchev–Trinajstić information content (AvgIpc) is 3.13. The lowest BCUT2D eigenvalue weighted by molar-refractivity contribution is -0.331. The van der Waals surface area contributed by atoms with Crippen LogP contribution in [0.3, 0.4) is 0 Å².